The zero-order chi connectivity index (χ0) is 12.1. The van der Waals surface area contributed by atoms with Crippen LogP contribution in [0.15, 0.2) is 24.3 Å². The summed E-state index contributed by atoms with van der Waals surface area (Å²) < 4.78 is 11.2. The molecule has 0 radical (unpaired) electrons. The van der Waals surface area contributed by atoms with E-state index in [1.54, 1.807) is 0 Å². The van der Waals surface area contributed by atoms with Crippen LogP contribution >= 0.6 is 0 Å². The molecule has 0 aliphatic carbocycles. The Labute approximate surface area is 103 Å². The SMILES string of the molecule is CCOc1ccccc1C1(N)CCCOCC1. The number of hydrogen-bond donors (Lipinski definition) is 1. The number of ether oxygens (including phenoxy) is 2. The third-order valence-electron chi connectivity index (χ3n) is 3.33. The van der Waals surface area contributed by atoms with Gasteiger partial charge in [-0.05, 0) is 32.3 Å². The highest BCUT2D eigenvalue weighted by molar-refractivity contribution is 5.39. The van der Waals surface area contributed by atoms with Gasteiger partial charge in [0.2, 0.25) is 0 Å². The van der Waals surface area contributed by atoms with E-state index in [2.05, 4.69) is 6.07 Å². The summed E-state index contributed by atoms with van der Waals surface area (Å²) >= 11 is 0. The Morgan fingerprint density at radius 1 is 1.29 bits per heavy atom. The van der Waals surface area contributed by atoms with Gasteiger partial charge < -0.3 is 15.2 Å². The van der Waals surface area contributed by atoms with Crippen molar-refractivity contribution in [1.29, 1.82) is 0 Å². The Morgan fingerprint density at radius 3 is 2.94 bits per heavy atom. The van der Waals surface area contributed by atoms with E-state index in [0.29, 0.717) is 6.61 Å². The van der Waals surface area contributed by atoms with Crippen LogP contribution in [-0.2, 0) is 10.3 Å². The summed E-state index contributed by atoms with van der Waals surface area (Å²) in [7, 11) is 0. The molecule has 0 amide bonds. The molecule has 1 atom stereocenters. The van der Waals surface area contributed by atoms with Crippen molar-refractivity contribution in [1.82, 2.24) is 0 Å². The Hall–Kier alpha value is -1.06. The molecule has 1 aromatic carbocycles. The van der Waals surface area contributed by atoms with Gasteiger partial charge in [0.15, 0.2) is 0 Å². The molecular formula is C14H21NO2. The number of hydrogen-bond acceptors (Lipinski definition) is 3. The van der Waals surface area contributed by atoms with E-state index in [1.807, 2.05) is 25.1 Å². The minimum absolute atomic E-state index is 0.303. The van der Waals surface area contributed by atoms with E-state index in [-0.39, 0.29) is 5.54 Å². The molecule has 17 heavy (non-hydrogen) atoms. The first-order chi connectivity index (χ1) is 8.26. The molecule has 1 aliphatic rings. The van der Waals surface area contributed by atoms with E-state index in [4.69, 9.17) is 15.2 Å². The molecule has 1 heterocycles. The Balaban J connectivity index is 2.29. The largest absolute Gasteiger partial charge is 0.494 e. The topological polar surface area (TPSA) is 44.5 Å². The first kappa shape index (κ1) is 12.4. The average Bonchev–Trinajstić information content (AvgIpc) is 2.56. The zero-order valence-electron chi connectivity index (χ0n) is 10.4. The van der Waals surface area contributed by atoms with E-state index >= 15 is 0 Å². The predicted octanol–water partition coefficient (Wildman–Crippen LogP) is 2.44. The maximum absolute atomic E-state index is 6.55. The van der Waals surface area contributed by atoms with Crippen molar-refractivity contribution in [3.05, 3.63) is 29.8 Å². The fraction of sp³-hybridized carbons (Fsp3) is 0.571. The van der Waals surface area contributed by atoms with Gasteiger partial charge in [-0.1, -0.05) is 18.2 Å². The fourth-order valence-electron chi connectivity index (χ4n) is 2.40. The molecule has 3 heteroatoms. The Bertz CT molecular complexity index is 357. The van der Waals surface area contributed by atoms with E-state index < -0.39 is 0 Å². The summed E-state index contributed by atoms with van der Waals surface area (Å²) in [6.45, 7) is 4.21. The van der Waals surface area contributed by atoms with E-state index in [9.17, 15) is 0 Å². The van der Waals surface area contributed by atoms with Gasteiger partial charge in [0, 0.05) is 24.3 Å². The van der Waals surface area contributed by atoms with Crippen molar-refractivity contribution >= 4 is 0 Å². The molecule has 0 saturated carbocycles. The van der Waals surface area contributed by atoms with Gasteiger partial charge in [0.1, 0.15) is 5.75 Å². The highest BCUT2D eigenvalue weighted by Gasteiger charge is 2.31. The molecule has 1 saturated heterocycles. The number of benzene rings is 1. The van der Waals surface area contributed by atoms with Gasteiger partial charge in [-0.3, -0.25) is 0 Å². The van der Waals surface area contributed by atoms with Gasteiger partial charge in [-0.15, -0.1) is 0 Å². The molecule has 2 rings (SSSR count). The lowest BCUT2D eigenvalue weighted by molar-refractivity contribution is 0.139. The van der Waals surface area contributed by atoms with Gasteiger partial charge in [0.05, 0.1) is 6.61 Å². The monoisotopic (exact) mass is 235 g/mol. The van der Waals surface area contributed by atoms with E-state index in [1.165, 1.54) is 0 Å². The predicted molar refractivity (Wildman–Crippen MR) is 68.1 cm³/mol. The molecule has 1 aromatic rings. The Kier molecular flexibility index (Phi) is 4.02. The summed E-state index contributed by atoms with van der Waals surface area (Å²) in [5.41, 5.74) is 7.37. The summed E-state index contributed by atoms with van der Waals surface area (Å²) in [6, 6.07) is 8.10. The lowest BCUT2D eigenvalue weighted by Gasteiger charge is -2.29. The maximum atomic E-state index is 6.55. The quantitative estimate of drug-likeness (QED) is 0.875. The van der Waals surface area contributed by atoms with Crippen molar-refractivity contribution in [2.45, 2.75) is 31.7 Å². The molecule has 2 N–H and O–H groups in total. The van der Waals surface area contributed by atoms with Crippen molar-refractivity contribution in [2.75, 3.05) is 19.8 Å². The lowest BCUT2D eigenvalue weighted by atomic mass is 9.83. The summed E-state index contributed by atoms with van der Waals surface area (Å²) in [6.07, 6.45) is 2.82. The van der Waals surface area contributed by atoms with Crippen LogP contribution in [0.3, 0.4) is 0 Å². The van der Waals surface area contributed by atoms with Crippen LogP contribution in [0.1, 0.15) is 31.7 Å². The lowest BCUT2D eigenvalue weighted by Crippen LogP contribution is -2.37. The Morgan fingerprint density at radius 2 is 2.12 bits per heavy atom. The first-order valence-corrected chi connectivity index (χ1v) is 6.35. The maximum Gasteiger partial charge on any atom is 0.124 e. The van der Waals surface area contributed by atoms with Gasteiger partial charge in [0.25, 0.3) is 0 Å². The van der Waals surface area contributed by atoms with Crippen LogP contribution in [-0.4, -0.2) is 19.8 Å². The fourth-order valence-corrected chi connectivity index (χ4v) is 2.40. The van der Waals surface area contributed by atoms with Crippen molar-refractivity contribution in [3.63, 3.8) is 0 Å². The molecule has 0 aromatic heterocycles. The molecule has 1 aliphatic heterocycles. The van der Waals surface area contributed by atoms with Crippen LogP contribution in [0.5, 0.6) is 5.75 Å². The normalized spacial score (nSPS) is 25.3. The van der Waals surface area contributed by atoms with Gasteiger partial charge in [-0.25, -0.2) is 0 Å². The second-order valence-corrected chi connectivity index (χ2v) is 4.55. The van der Waals surface area contributed by atoms with Crippen molar-refractivity contribution in [3.8, 4) is 5.75 Å². The first-order valence-electron chi connectivity index (χ1n) is 6.35. The van der Waals surface area contributed by atoms with Gasteiger partial charge in [-0.2, -0.15) is 0 Å². The van der Waals surface area contributed by atoms with Crippen LogP contribution in [0, 0.1) is 0 Å². The second kappa shape index (κ2) is 5.52. The van der Waals surface area contributed by atoms with E-state index in [0.717, 1.165) is 43.8 Å². The molecular weight excluding hydrogens is 214 g/mol. The van der Waals surface area contributed by atoms with Crippen molar-refractivity contribution in [2.24, 2.45) is 5.73 Å². The molecule has 3 nitrogen and oxygen atoms in total. The number of nitrogens with two attached hydrogens (primary N) is 1. The van der Waals surface area contributed by atoms with Crippen LogP contribution in [0.25, 0.3) is 0 Å². The standard InChI is InChI=1S/C14H21NO2/c1-2-17-13-7-4-3-6-12(13)14(15)8-5-10-16-11-9-14/h3-4,6-7H,2,5,8-11,15H2,1H3. The minimum atomic E-state index is -0.303. The number of para-hydroxylation sites is 1. The van der Waals surface area contributed by atoms with Crippen LogP contribution < -0.4 is 10.5 Å². The summed E-state index contributed by atoms with van der Waals surface area (Å²) in [5.74, 6) is 0.916. The minimum Gasteiger partial charge on any atom is -0.494 e. The molecule has 94 valence electrons. The molecule has 1 fully saturated rings. The third kappa shape index (κ3) is 2.79. The third-order valence-corrected chi connectivity index (χ3v) is 3.33. The number of rotatable bonds is 3. The highest BCUT2D eigenvalue weighted by atomic mass is 16.5. The smallest absolute Gasteiger partial charge is 0.124 e. The highest BCUT2D eigenvalue weighted by Crippen LogP contribution is 2.35. The second-order valence-electron chi connectivity index (χ2n) is 4.55. The van der Waals surface area contributed by atoms with Gasteiger partial charge >= 0.3 is 0 Å². The van der Waals surface area contributed by atoms with Crippen molar-refractivity contribution < 1.29 is 9.47 Å². The zero-order valence-corrected chi connectivity index (χ0v) is 10.4. The molecule has 1 unspecified atom stereocenters. The average molecular weight is 235 g/mol. The van der Waals surface area contributed by atoms with Crippen LogP contribution in [0.2, 0.25) is 0 Å². The molecule has 0 spiro atoms. The molecule has 0 bridgehead atoms. The summed E-state index contributed by atoms with van der Waals surface area (Å²) in [4.78, 5) is 0. The summed E-state index contributed by atoms with van der Waals surface area (Å²) in [5, 5.41) is 0. The van der Waals surface area contributed by atoms with Crippen LogP contribution in [0.4, 0.5) is 0 Å².